The highest BCUT2D eigenvalue weighted by molar-refractivity contribution is 8.03. The van der Waals surface area contributed by atoms with Gasteiger partial charge >= 0.3 is 0 Å². The van der Waals surface area contributed by atoms with Crippen LogP contribution in [0, 0.1) is 0 Å². The minimum Gasteiger partial charge on any atom is -0.336 e. The van der Waals surface area contributed by atoms with Gasteiger partial charge in [0.25, 0.3) is 0 Å². The van der Waals surface area contributed by atoms with Crippen LogP contribution in [0.3, 0.4) is 0 Å². The van der Waals surface area contributed by atoms with Crippen LogP contribution in [0.5, 0.6) is 0 Å². The molecule has 0 saturated heterocycles. The van der Waals surface area contributed by atoms with Crippen LogP contribution in [0.1, 0.15) is 71.1 Å². The van der Waals surface area contributed by atoms with Gasteiger partial charge in [-0.1, -0.05) is 64.7 Å². The highest BCUT2D eigenvalue weighted by atomic mass is 32.2. The van der Waals surface area contributed by atoms with E-state index in [1.807, 2.05) is 24.3 Å². The zero-order valence-electron chi connectivity index (χ0n) is 15.2. The van der Waals surface area contributed by atoms with E-state index in [2.05, 4.69) is 40.7 Å². The normalized spacial score (nSPS) is 12.6. The van der Waals surface area contributed by atoms with Gasteiger partial charge in [0.1, 0.15) is 0 Å². The van der Waals surface area contributed by atoms with E-state index in [-0.39, 0.29) is 0 Å². The molecule has 4 heteroatoms. The smallest absolute Gasteiger partial charge is 0.0946 e. The second-order valence-electron chi connectivity index (χ2n) is 6.39. The van der Waals surface area contributed by atoms with Crippen LogP contribution in [0.2, 0.25) is 0 Å². The molecule has 1 unspecified atom stereocenters. The Kier molecular flexibility index (Phi) is 14.1. The second kappa shape index (κ2) is 15.4. The molecule has 0 aliphatic rings. The molecule has 0 aliphatic carbocycles. The number of unbranched alkanes of at least 4 members (excludes halogenated alkanes) is 9. The second-order valence-corrected chi connectivity index (χ2v) is 8.71. The fourth-order valence-electron chi connectivity index (χ4n) is 2.81. The van der Waals surface area contributed by atoms with Crippen molar-refractivity contribution in [2.24, 2.45) is 0 Å². The van der Waals surface area contributed by atoms with Crippen molar-refractivity contribution in [3.8, 4) is 0 Å². The Labute approximate surface area is 152 Å². The number of hydrogen-bond acceptors (Lipinski definition) is 3. The molecule has 0 amide bonds. The predicted octanol–water partition coefficient (Wildman–Crippen LogP) is 6.27. The van der Waals surface area contributed by atoms with Crippen molar-refractivity contribution in [3.05, 3.63) is 18.7 Å². The molecule has 1 aromatic rings. The van der Waals surface area contributed by atoms with Crippen LogP contribution in [0.25, 0.3) is 0 Å². The molecule has 0 radical (unpaired) electrons. The summed E-state index contributed by atoms with van der Waals surface area (Å²) in [6, 6.07) is 0. The first-order valence-corrected chi connectivity index (χ1v) is 11.9. The Morgan fingerprint density at radius 3 is 2.17 bits per heavy atom. The first-order chi connectivity index (χ1) is 11.4. The molecule has 1 heterocycles. The van der Waals surface area contributed by atoms with E-state index in [0.717, 1.165) is 11.8 Å². The molecule has 1 aromatic heterocycles. The molecule has 0 spiro atoms. The molecule has 134 valence electrons. The topological polar surface area (TPSA) is 17.8 Å². The van der Waals surface area contributed by atoms with Crippen LogP contribution in [-0.4, -0.2) is 32.6 Å². The number of imidazole rings is 1. The van der Waals surface area contributed by atoms with Gasteiger partial charge < -0.3 is 4.57 Å². The summed E-state index contributed by atoms with van der Waals surface area (Å²) in [5, 5.41) is 0.720. The summed E-state index contributed by atoms with van der Waals surface area (Å²) in [6.07, 6.45) is 22.4. The van der Waals surface area contributed by atoms with Crippen molar-refractivity contribution in [2.45, 2.75) is 82.9 Å². The highest BCUT2D eigenvalue weighted by Gasteiger charge is 2.09. The lowest BCUT2D eigenvalue weighted by molar-refractivity contribution is 0.563. The van der Waals surface area contributed by atoms with E-state index < -0.39 is 0 Å². The van der Waals surface area contributed by atoms with Crippen LogP contribution < -0.4 is 0 Å². The van der Waals surface area contributed by atoms with Gasteiger partial charge in [0.05, 0.1) is 6.33 Å². The quantitative estimate of drug-likeness (QED) is 0.325. The third-order valence-corrected chi connectivity index (χ3v) is 6.44. The first-order valence-electron chi connectivity index (χ1n) is 9.43. The molecular formula is C19H36N2S2. The molecule has 23 heavy (non-hydrogen) atoms. The lowest BCUT2D eigenvalue weighted by Gasteiger charge is -2.16. The molecule has 0 aromatic carbocycles. The monoisotopic (exact) mass is 356 g/mol. The Morgan fingerprint density at radius 1 is 0.957 bits per heavy atom. The number of rotatable bonds is 16. The van der Waals surface area contributed by atoms with Gasteiger partial charge in [0, 0.05) is 29.9 Å². The van der Waals surface area contributed by atoms with E-state index in [9.17, 15) is 0 Å². The van der Waals surface area contributed by atoms with Crippen molar-refractivity contribution >= 4 is 23.5 Å². The van der Waals surface area contributed by atoms with E-state index in [1.54, 1.807) is 0 Å². The molecule has 0 aliphatic heterocycles. The lowest BCUT2D eigenvalue weighted by Crippen LogP contribution is -2.15. The Bertz CT molecular complexity index is 341. The van der Waals surface area contributed by atoms with E-state index in [0.29, 0.717) is 0 Å². The van der Waals surface area contributed by atoms with Gasteiger partial charge in [-0.3, -0.25) is 0 Å². The van der Waals surface area contributed by atoms with Gasteiger partial charge in [-0.05, 0) is 18.4 Å². The molecule has 1 rings (SSSR count). The SMILES string of the molecule is CCCCCCCCCCCCSC(CSC)Cn1ccnc1. The highest BCUT2D eigenvalue weighted by Crippen LogP contribution is 2.20. The van der Waals surface area contributed by atoms with E-state index in [4.69, 9.17) is 0 Å². The third kappa shape index (κ3) is 12.0. The van der Waals surface area contributed by atoms with Gasteiger partial charge in [-0.2, -0.15) is 23.5 Å². The molecule has 0 saturated carbocycles. The standard InChI is InChI=1S/C19H36N2S2/c1-3-4-5-6-7-8-9-10-11-12-15-23-19(17-22-2)16-21-14-13-20-18-21/h13-14,18-19H,3-12,15-17H2,1-2H3. The van der Waals surface area contributed by atoms with Gasteiger partial charge in [-0.25, -0.2) is 4.98 Å². The summed E-state index contributed by atoms with van der Waals surface area (Å²) in [6.45, 7) is 3.39. The Morgan fingerprint density at radius 2 is 1.61 bits per heavy atom. The Balaban J connectivity index is 1.93. The number of hydrogen-bond donors (Lipinski definition) is 0. The van der Waals surface area contributed by atoms with Gasteiger partial charge in [-0.15, -0.1) is 0 Å². The van der Waals surface area contributed by atoms with Crippen LogP contribution >= 0.6 is 23.5 Å². The largest absolute Gasteiger partial charge is 0.336 e. The molecule has 2 nitrogen and oxygen atoms in total. The van der Waals surface area contributed by atoms with Crippen LogP contribution in [-0.2, 0) is 6.54 Å². The minimum atomic E-state index is 0.720. The fraction of sp³-hybridized carbons (Fsp3) is 0.842. The minimum absolute atomic E-state index is 0.720. The predicted molar refractivity (Wildman–Crippen MR) is 109 cm³/mol. The summed E-state index contributed by atoms with van der Waals surface area (Å²) in [7, 11) is 0. The molecule has 0 N–H and O–H groups in total. The summed E-state index contributed by atoms with van der Waals surface area (Å²) >= 11 is 4.11. The van der Waals surface area contributed by atoms with Crippen LogP contribution in [0.4, 0.5) is 0 Å². The molecule has 1 atom stereocenters. The van der Waals surface area contributed by atoms with E-state index >= 15 is 0 Å². The van der Waals surface area contributed by atoms with Gasteiger partial charge in [0.15, 0.2) is 0 Å². The van der Waals surface area contributed by atoms with Gasteiger partial charge in [0.2, 0.25) is 0 Å². The first kappa shape index (κ1) is 21.0. The van der Waals surface area contributed by atoms with Crippen molar-refractivity contribution in [1.29, 1.82) is 0 Å². The molecule has 0 bridgehead atoms. The van der Waals surface area contributed by atoms with Crippen LogP contribution in [0.15, 0.2) is 18.7 Å². The zero-order valence-corrected chi connectivity index (χ0v) is 16.8. The number of nitrogens with zero attached hydrogens (tertiary/aromatic N) is 2. The average molecular weight is 357 g/mol. The Hall–Kier alpha value is -0.0900. The summed E-state index contributed by atoms with van der Waals surface area (Å²) in [5.74, 6) is 2.55. The summed E-state index contributed by atoms with van der Waals surface area (Å²) < 4.78 is 2.21. The molecule has 0 fully saturated rings. The van der Waals surface area contributed by atoms with Crippen molar-refractivity contribution in [2.75, 3.05) is 17.8 Å². The maximum Gasteiger partial charge on any atom is 0.0946 e. The van der Waals surface area contributed by atoms with E-state index in [1.165, 1.54) is 75.7 Å². The number of thioether (sulfide) groups is 2. The summed E-state index contributed by atoms with van der Waals surface area (Å²) in [5.41, 5.74) is 0. The number of aromatic nitrogens is 2. The maximum atomic E-state index is 4.14. The fourth-order valence-corrected chi connectivity index (χ4v) is 5.06. The lowest BCUT2D eigenvalue weighted by atomic mass is 10.1. The molecular weight excluding hydrogens is 320 g/mol. The summed E-state index contributed by atoms with van der Waals surface area (Å²) in [4.78, 5) is 4.14. The van der Waals surface area contributed by atoms with Crippen molar-refractivity contribution in [1.82, 2.24) is 9.55 Å². The van der Waals surface area contributed by atoms with Crippen molar-refractivity contribution < 1.29 is 0 Å². The average Bonchev–Trinajstić information content (AvgIpc) is 3.05. The third-order valence-electron chi connectivity index (χ3n) is 4.18. The maximum absolute atomic E-state index is 4.14. The van der Waals surface area contributed by atoms with Crippen molar-refractivity contribution in [3.63, 3.8) is 0 Å². The zero-order chi connectivity index (χ0) is 16.6.